The largest absolute Gasteiger partial charge is 0.332 e. The zero-order valence-electron chi connectivity index (χ0n) is 14.7. The Kier molecular flexibility index (Phi) is 6.78. The van der Waals surface area contributed by atoms with Crippen molar-refractivity contribution in [1.82, 2.24) is 4.90 Å². The smallest absolute Gasteiger partial charge is 0.254 e. The van der Waals surface area contributed by atoms with E-state index in [4.69, 9.17) is 23.2 Å². The van der Waals surface area contributed by atoms with Crippen molar-refractivity contribution in [2.24, 2.45) is 0 Å². The molecule has 3 rings (SSSR count). The normalized spacial score (nSPS) is 11.4. The van der Waals surface area contributed by atoms with Gasteiger partial charge in [0.05, 0.1) is 17.2 Å². The summed E-state index contributed by atoms with van der Waals surface area (Å²) in [6, 6.07) is 16.4. The van der Waals surface area contributed by atoms with E-state index in [1.807, 2.05) is 17.5 Å². The van der Waals surface area contributed by atoms with Crippen LogP contribution < -0.4 is 0 Å². The van der Waals surface area contributed by atoms with Crippen molar-refractivity contribution in [3.63, 3.8) is 0 Å². The fourth-order valence-electron chi connectivity index (χ4n) is 2.61. The molecule has 8 heteroatoms. The van der Waals surface area contributed by atoms with E-state index >= 15 is 0 Å². The van der Waals surface area contributed by atoms with Crippen molar-refractivity contribution in [3.8, 4) is 0 Å². The standard InChI is InChI=1S/C20H17Cl2NO3S2/c21-16-5-3-15(4-6-16)20(24)23(14-18-2-1-12-27-18)11-13-28(25,26)19-9-7-17(22)8-10-19/h1-10,12H,11,13-14H2. The molecule has 0 aliphatic carbocycles. The number of rotatable bonds is 7. The van der Waals surface area contributed by atoms with Crippen LogP contribution in [0.3, 0.4) is 0 Å². The van der Waals surface area contributed by atoms with Crippen LogP contribution in [0.4, 0.5) is 0 Å². The number of hydrogen-bond donors (Lipinski definition) is 0. The predicted molar refractivity (Wildman–Crippen MR) is 114 cm³/mol. The highest BCUT2D eigenvalue weighted by atomic mass is 35.5. The van der Waals surface area contributed by atoms with Crippen molar-refractivity contribution in [2.75, 3.05) is 12.3 Å². The Balaban J connectivity index is 1.79. The van der Waals surface area contributed by atoms with Crippen molar-refractivity contribution in [3.05, 3.63) is 86.5 Å². The summed E-state index contributed by atoms with van der Waals surface area (Å²) in [5, 5.41) is 2.92. The number of benzene rings is 2. The minimum absolute atomic E-state index is 0.0737. The summed E-state index contributed by atoms with van der Waals surface area (Å²) >= 11 is 13.3. The van der Waals surface area contributed by atoms with E-state index in [2.05, 4.69) is 0 Å². The van der Waals surface area contributed by atoms with Gasteiger partial charge in [0, 0.05) is 27.0 Å². The molecule has 0 aliphatic rings. The lowest BCUT2D eigenvalue weighted by Crippen LogP contribution is -2.34. The second-order valence-electron chi connectivity index (χ2n) is 6.09. The summed E-state index contributed by atoms with van der Waals surface area (Å²) in [6.07, 6.45) is 0. The molecule has 0 unspecified atom stereocenters. The number of sulfone groups is 1. The molecule has 0 saturated carbocycles. The lowest BCUT2D eigenvalue weighted by molar-refractivity contribution is 0.0755. The molecule has 3 aromatic rings. The van der Waals surface area contributed by atoms with Gasteiger partial charge in [-0.1, -0.05) is 29.3 Å². The number of nitrogens with zero attached hydrogens (tertiary/aromatic N) is 1. The first-order chi connectivity index (χ1) is 13.3. The third-order valence-electron chi connectivity index (χ3n) is 4.11. The average molecular weight is 454 g/mol. The van der Waals surface area contributed by atoms with Gasteiger partial charge < -0.3 is 4.90 Å². The van der Waals surface area contributed by atoms with Gasteiger partial charge in [-0.15, -0.1) is 11.3 Å². The van der Waals surface area contributed by atoms with E-state index in [-0.39, 0.29) is 23.1 Å². The minimum Gasteiger partial charge on any atom is -0.332 e. The highest BCUT2D eigenvalue weighted by Crippen LogP contribution is 2.19. The van der Waals surface area contributed by atoms with E-state index in [0.717, 1.165) is 4.88 Å². The van der Waals surface area contributed by atoms with E-state index in [1.165, 1.54) is 35.6 Å². The topological polar surface area (TPSA) is 54.5 Å². The molecule has 0 aliphatic heterocycles. The third-order valence-corrected chi connectivity index (χ3v) is 7.18. The molecule has 0 saturated heterocycles. The van der Waals surface area contributed by atoms with E-state index in [9.17, 15) is 13.2 Å². The first kappa shape index (κ1) is 20.9. The minimum atomic E-state index is -3.54. The summed E-state index contributed by atoms with van der Waals surface area (Å²) in [4.78, 5) is 15.7. The Morgan fingerprint density at radius 3 is 2.11 bits per heavy atom. The third kappa shape index (κ3) is 5.35. The van der Waals surface area contributed by atoms with E-state index in [1.54, 1.807) is 29.2 Å². The number of hydrogen-bond acceptors (Lipinski definition) is 4. The summed E-state index contributed by atoms with van der Waals surface area (Å²) < 4.78 is 25.3. The molecular weight excluding hydrogens is 437 g/mol. The number of thiophene rings is 1. The molecule has 28 heavy (non-hydrogen) atoms. The Morgan fingerprint density at radius 1 is 0.929 bits per heavy atom. The number of carbonyl (C=O) groups excluding carboxylic acids is 1. The maximum absolute atomic E-state index is 13.0. The lowest BCUT2D eigenvalue weighted by Gasteiger charge is -2.22. The molecule has 0 atom stereocenters. The molecule has 4 nitrogen and oxygen atoms in total. The van der Waals surface area contributed by atoms with Crippen molar-refractivity contribution in [1.29, 1.82) is 0 Å². The van der Waals surface area contributed by atoms with Gasteiger partial charge in [0.25, 0.3) is 5.91 Å². The fourth-order valence-corrected chi connectivity index (χ4v) is 4.83. The van der Waals surface area contributed by atoms with Crippen molar-refractivity contribution >= 4 is 50.3 Å². The van der Waals surface area contributed by atoms with Gasteiger partial charge in [0.2, 0.25) is 0 Å². The Morgan fingerprint density at radius 2 is 1.54 bits per heavy atom. The van der Waals surface area contributed by atoms with Crippen LogP contribution in [0.2, 0.25) is 10.0 Å². The molecule has 0 bridgehead atoms. The average Bonchev–Trinajstić information content (AvgIpc) is 3.19. The summed E-state index contributed by atoms with van der Waals surface area (Å²) in [6.45, 7) is 0.416. The first-order valence-electron chi connectivity index (χ1n) is 8.41. The summed E-state index contributed by atoms with van der Waals surface area (Å²) in [5.41, 5.74) is 0.463. The first-order valence-corrected chi connectivity index (χ1v) is 11.7. The quantitative estimate of drug-likeness (QED) is 0.495. The van der Waals surface area contributed by atoms with Crippen LogP contribution in [-0.2, 0) is 16.4 Å². The SMILES string of the molecule is O=C(c1ccc(Cl)cc1)N(CCS(=O)(=O)c1ccc(Cl)cc1)Cc1cccs1. The van der Waals surface area contributed by atoms with Gasteiger partial charge >= 0.3 is 0 Å². The molecule has 0 fully saturated rings. The van der Waals surface area contributed by atoms with Gasteiger partial charge in [0.15, 0.2) is 9.84 Å². The molecule has 1 aromatic heterocycles. The Bertz CT molecular complexity index is 1030. The van der Waals surface area contributed by atoms with Gasteiger partial charge in [-0.2, -0.15) is 0 Å². The molecule has 0 N–H and O–H groups in total. The highest BCUT2D eigenvalue weighted by molar-refractivity contribution is 7.91. The van der Waals surface area contributed by atoms with Crippen LogP contribution in [0, 0.1) is 0 Å². The van der Waals surface area contributed by atoms with Gasteiger partial charge in [-0.05, 0) is 60.0 Å². The van der Waals surface area contributed by atoms with E-state index < -0.39 is 9.84 Å². The second-order valence-corrected chi connectivity index (χ2v) is 10.1. The maximum atomic E-state index is 13.0. The highest BCUT2D eigenvalue weighted by Gasteiger charge is 2.21. The van der Waals surface area contributed by atoms with Crippen LogP contribution in [-0.4, -0.2) is 31.5 Å². The molecule has 0 radical (unpaired) electrons. The maximum Gasteiger partial charge on any atom is 0.254 e. The molecule has 1 heterocycles. The van der Waals surface area contributed by atoms with Crippen molar-refractivity contribution < 1.29 is 13.2 Å². The zero-order valence-corrected chi connectivity index (χ0v) is 17.9. The van der Waals surface area contributed by atoms with Crippen molar-refractivity contribution in [2.45, 2.75) is 11.4 Å². The Labute approximate surface area is 178 Å². The monoisotopic (exact) mass is 453 g/mol. The molecule has 0 spiro atoms. The zero-order chi connectivity index (χ0) is 20.1. The molecular formula is C20H17Cl2NO3S2. The number of carbonyl (C=O) groups is 1. The van der Waals surface area contributed by atoms with Gasteiger partial charge in [0.1, 0.15) is 0 Å². The summed E-state index contributed by atoms with van der Waals surface area (Å²) in [7, 11) is -3.54. The lowest BCUT2D eigenvalue weighted by atomic mass is 10.2. The second kappa shape index (κ2) is 9.09. The van der Waals surface area contributed by atoms with Crippen LogP contribution in [0.5, 0.6) is 0 Å². The van der Waals surface area contributed by atoms with Crippen LogP contribution in [0.1, 0.15) is 15.2 Å². The van der Waals surface area contributed by atoms with Gasteiger partial charge in [-0.3, -0.25) is 4.79 Å². The molecule has 2 aromatic carbocycles. The van der Waals surface area contributed by atoms with Crippen LogP contribution in [0.25, 0.3) is 0 Å². The van der Waals surface area contributed by atoms with Gasteiger partial charge in [-0.25, -0.2) is 8.42 Å². The van der Waals surface area contributed by atoms with Crippen LogP contribution in [0.15, 0.2) is 70.9 Å². The fraction of sp³-hybridized carbons (Fsp3) is 0.150. The number of amides is 1. The molecule has 146 valence electrons. The number of halogens is 2. The summed E-state index contributed by atoms with van der Waals surface area (Å²) in [5.74, 6) is -0.421. The van der Waals surface area contributed by atoms with Crippen LogP contribution >= 0.6 is 34.5 Å². The Hall–Kier alpha value is -1.86. The predicted octanol–water partition coefficient (Wildman–Crippen LogP) is 5.17. The molecule has 1 amide bonds. The van der Waals surface area contributed by atoms with E-state index in [0.29, 0.717) is 22.2 Å².